The Balaban J connectivity index is 1.16. The summed E-state index contributed by atoms with van der Waals surface area (Å²) in [5.41, 5.74) is 4.48. The normalized spacial score (nSPS) is 19.3. The second-order valence-corrected chi connectivity index (χ2v) is 10.8. The first-order chi connectivity index (χ1) is 17.4. The molecule has 7 heteroatoms. The minimum atomic E-state index is -0.211. The number of aryl methyl sites for hydroxylation is 1. The summed E-state index contributed by atoms with van der Waals surface area (Å²) in [6.45, 7) is 1.82. The predicted molar refractivity (Wildman–Crippen MR) is 144 cm³/mol. The van der Waals surface area contributed by atoms with Crippen molar-refractivity contribution >= 4 is 34.3 Å². The van der Waals surface area contributed by atoms with Crippen molar-refractivity contribution in [2.75, 3.05) is 33.7 Å². The maximum atomic E-state index is 13.1. The van der Waals surface area contributed by atoms with Crippen molar-refractivity contribution in [1.82, 2.24) is 20.1 Å². The number of halogens is 1. The van der Waals surface area contributed by atoms with Crippen LogP contribution < -0.4 is 5.32 Å². The quantitative estimate of drug-likeness (QED) is 0.503. The molecule has 0 bridgehead atoms. The Labute approximate surface area is 218 Å². The standard InChI is InChI=1S/C29H35ClN4O2/c1-33(2)29(20-7-4-3-5-8-20)14-17-34(18-15-29)26(35)13-16-31-28(36)23-10-6-9-22-24-19-21(30)11-12-25(24)32-27(22)23/h3-5,7-8,11-12,19,23,32H,6,9-10,13-18H2,1-2H3,(H,31,36). The molecule has 1 aliphatic carbocycles. The summed E-state index contributed by atoms with van der Waals surface area (Å²) >= 11 is 6.21. The van der Waals surface area contributed by atoms with Gasteiger partial charge < -0.3 is 15.2 Å². The van der Waals surface area contributed by atoms with E-state index in [1.165, 1.54) is 11.1 Å². The van der Waals surface area contributed by atoms with Gasteiger partial charge in [-0.15, -0.1) is 0 Å². The maximum absolute atomic E-state index is 13.1. The van der Waals surface area contributed by atoms with Gasteiger partial charge in [0.15, 0.2) is 0 Å². The molecule has 1 atom stereocenters. The molecule has 1 aromatic heterocycles. The van der Waals surface area contributed by atoms with Gasteiger partial charge >= 0.3 is 0 Å². The van der Waals surface area contributed by atoms with Crippen LogP contribution in [0.2, 0.25) is 5.02 Å². The third-order valence-corrected chi connectivity index (χ3v) is 8.47. The van der Waals surface area contributed by atoms with Crippen molar-refractivity contribution in [1.29, 1.82) is 0 Å². The lowest BCUT2D eigenvalue weighted by Crippen LogP contribution is -2.52. The number of aromatic nitrogens is 1. The molecule has 5 rings (SSSR count). The highest BCUT2D eigenvalue weighted by atomic mass is 35.5. The molecule has 1 fully saturated rings. The second-order valence-electron chi connectivity index (χ2n) is 10.4. The van der Waals surface area contributed by atoms with Gasteiger partial charge in [-0.3, -0.25) is 14.5 Å². The van der Waals surface area contributed by atoms with Gasteiger partial charge in [-0.1, -0.05) is 41.9 Å². The lowest BCUT2D eigenvalue weighted by molar-refractivity contribution is -0.134. The van der Waals surface area contributed by atoms with Crippen molar-refractivity contribution in [3.05, 3.63) is 70.4 Å². The summed E-state index contributed by atoms with van der Waals surface area (Å²) < 4.78 is 0. The Bertz CT molecular complexity index is 1240. The van der Waals surface area contributed by atoms with E-state index in [0.29, 0.717) is 18.0 Å². The average Bonchev–Trinajstić information content (AvgIpc) is 3.27. The largest absolute Gasteiger partial charge is 0.357 e. The predicted octanol–water partition coefficient (Wildman–Crippen LogP) is 4.83. The van der Waals surface area contributed by atoms with E-state index >= 15 is 0 Å². The van der Waals surface area contributed by atoms with E-state index in [1.807, 2.05) is 29.2 Å². The van der Waals surface area contributed by atoms with Gasteiger partial charge in [0.05, 0.1) is 5.92 Å². The number of hydrogen-bond donors (Lipinski definition) is 2. The molecule has 190 valence electrons. The molecule has 1 saturated heterocycles. The molecule has 2 aromatic carbocycles. The van der Waals surface area contributed by atoms with Gasteiger partial charge in [0.2, 0.25) is 11.8 Å². The van der Waals surface area contributed by atoms with Crippen LogP contribution in [0.1, 0.15) is 54.8 Å². The molecule has 36 heavy (non-hydrogen) atoms. The molecule has 6 nitrogen and oxygen atoms in total. The van der Waals surface area contributed by atoms with Gasteiger partial charge in [-0.2, -0.15) is 0 Å². The summed E-state index contributed by atoms with van der Waals surface area (Å²) in [5, 5.41) is 4.86. The van der Waals surface area contributed by atoms with Crippen LogP contribution in [-0.4, -0.2) is 60.3 Å². The highest BCUT2D eigenvalue weighted by Gasteiger charge is 2.39. The summed E-state index contributed by atoms with van der Waals surface area (Å²) in [7, 11) is 4.25. The van der Waals surface area contributed by atoms with Crippen LogP contribution in [0.4, 0.5) is 0 Å². The molecule has 0 radical (unpaired) electrons. The second kappa shape index (κ2) is 10.3. The number of fused-ring (bicyclic) bond motifs is 3. The zero-order valence-electron chi connectivity index (χ0n) is 21.1. The van der Waals surface area contributed by atoms with Crippen LogP contribution in [0.3, 0.4) is 0 Å². The molecule has 2 aliphatic rings. The summed E-state index contributed by atoms with van der Waals surface area (Å²) in [6.07, 6.45) is 4.85. The fourth-order valence-electron chi connectivity index (χ4n) is 6.14. The zero-order chi connectivity index (χ0) is 25.3. The highest BCUT2D eigenvalue weighted by molar-refractivity contribution is 6.31. The Kier molecular flexibility index (Phi) is 7.09. The number of rotatable bonds is 6. The fourth-order valence-corrected chi connectivity index (χ4v) is 6.31. The van der Waals surface area contributed by atoms with E-state index < -0.39 is 0 Å². The van der Waals surface area contributed by atoms with E-state index in [2.05, 4.69) is 53.6 Å². The minimum Gasteiger partial charge on any atom is -0.357 e. The fraction of sp³-hybridized carbons (Fsp3) is 0.448. The Morgan fingerprint density at radius 2 is 1.89 bits per heavy atom. The number of benzene rings is 2. The van der Waals surface area contributed by atoms with Crippen molar-refractivity contribution in [3.8, 4) is 0 Å². The summed E-state index contributed by atoms with van der Waals surface area (Å²) in [5.74, 6) is -0.104. The number of likely N-dealkylation sites (tertiary alicyclic amines) is 1. The molecular weight excluding hydrogens is 472 g/mol. The van der Waals surface area contributed by atoms with Crippen molar-refractivity contribution < 1.29 is 9.59 Å². The van der Waals surface area contributed by atoms with Crippen LogP contribution in [0.25, 0.3) is 10.9 Å². The van der Waals surface area contributed by atoms with Crippen LogP contribution in [0, 0.1) is 0 Å². The number of hydrogen-bond acceptors (Lipinski definition) is 3. The van der Waals surface area contributed by atoms with E-state index in [4.69, 9.17) is 11.6 Å². The number of amides is 2. The van der Waals surface area contributed by atoms with Gasteiger partial charge in [-0.25, -0.2) is 0 Å². The molecule has 1 aliphatic heterocycles. The zero-order valence-corrected chi connectivity index (χ0v) is 21.9. The SMILES string of the molecule is CN(C)C1(c2ccccc2)CCN(C(=O)CCNC(=O)C2CCCc3c2[nH]c2ccc(Cl)cc32)CC1. The van der Waals surface area contributed by atoms with Gasteiger partial charge in [0, 0.05) is 53.2 Å². The number of H-pyrrole nitrogens is 1. The number of nitrogens with zero attached hydrogens (tertiary/aromatic N) is 2. The van der Waals surface area contributed by atoms with Gasteiger partial charge in [0.25, 0.3) is 0 Å². The van der Waals surface area contributed by atoms with Crippen molar-refractivity contribution in [2.24, 2.45) is 0 Å². The average molecular weight is 507 g/mol. The number of carbonyl (C=O) groups excluding carboxylic acids is 2. The van der Waals surface area contributed by atoms with Crippen LogP contribution in [0.15, 0.2) is 48.5 Å². The van der Waals surface area contributed by atoms with Gasteiger partial charge in [0.1, 0.15) is 0 Å². The molecule has 0 saturated carbocycles. The Morgan fingerprint density at radius 1 is 1.14 bits per heavy atom. The molecule has 3 aromatic rings. The Morgan fingerprint density at radius 3 is 2.61 bits per heavy atom. The van der Waals surface area contributed by atoms with E-state index in [-0.39, 0.29) is 23.3 Å². The molecule has 0 spiro atoms. The van der Waals surface area contributed by atoms with E-state index in [9.17, 15) is 9.59 Å². The van der Waals surface area contributed by atoms with Crippen LogP contribution in [0.5, 0.6) is 0 Å². The first-order valence-corrected chi connectivity index (χ1v) is 13.4. The van der Waals surface area contributed by atoms with Crippen molar-refractivity contribution in [3.63, 3.8) is 0 Å². The number of carbonyl (C=O) groups is 2. The topological polar surface area (TPSA) is 68.4 Å². The first kappa shape index (κ1) is 24.8. The van der Waals surface area contributed by atoms with E-state index in [1.54, 1.807) is 0 Å². The highest BCUT2D eigenvalue weighted by Crippen LogP contribution is 2.38. The number of aromatic amines is 1. The Hall–Kier alpha value is -2.83. The maximum Gasteiger partial charge on any atom is 0.229 e. The smallest absolute Gasteiger partial charge is 0.229 e. The van der Waals surface area contributed by atoms with E-state index in [0.717, 1.165) is 61.8 Å². The first-order valence-electron chi connectivity index (χ1n) is 13.0. The third-order valence-electron chi connectivity index (χ3n) is 8.23. The lowest BCUT2D eigenvalue weighted by atomic mass is 9.79. The molecule has 2 amide bonds. The number of piperidine rings is 1. The lowest BCUT2D eigenvalue weighted by Gasteiger charge is -2.46. The van der Waals surface area contributed by atoms with Gasteiger partial charge in [-0.05, 0) is 75.5 Å². The van der Waals surface area contributed by atoms with Crippen LogP contribution >= 0.6 is 11.6 Å². The third kappa shape index (κ3) is 4.64. The van der Waals surface area contributed by atoms with Crippen molar-refractivity contribution in [2.45, 2.75) is 50.0 Å². The molecule has 1 unspecified atom stereocenters. The summed E-state index contributed by atoms with van der Waals surface area (Å²) in [4.78, 5) is 33.8. The minimum absolute atomic E-state index is 0.00394. The molecule has 2 heterocycles. The monoisotopic (exact) mass is 506 g/mol. The molecular formula is C29H35ClN4O2. The number of nitrogens with one attached hydrogen (secondary N) is 2. The van der Waals surface area contributed by atoms with Crippen LogP contribution in [-0.2, 0) is 21.5 Å². The summed E-state index contributed by atoms with van der Waals surface area (Å²) in [6, 6.07) is 16.4. The molecule has 2 N–H and O–H groups in total.